The van der Waals surface area contributed by atoms with Gasteiger partial charge in [0.25, 0.3) is 0 Å². The van der Waals surface area contributed by atoms with E-state index in [2.05, 4.69) is 25.1 Å². The molecule has 1 aromatic rings. The third-order valence-corrected chi connectivity index (χ3v) is 4.88. The van der Waals surface area contributed by atoms with Crippen LogP contribution >= 0.6 is 0 Å². The third kappa shape index (κ3) is 4.14. The fraction of sp³-hybridized carbons (Fsp3) is 0.500. The first-order valence-electron chi connectivity index (χ1n) is 8.64. The summed E-state index contributed by atoms with van der Waals surface area (Å²) in [4.78, 5) is 0. The summed E-state index contributed by atoms with van der Waals surface area (Å²) < 4.78 is 5.92. The van der Waals surface area contributed by atoms with Crippen molar-refractivity contribution in [2.24, 2.45) is 0 Å². The van der Waals surface area contributed by atoms with Crippen LogP contribution in [0.4, 0.5) is 0 Å². The van der Waals surface area contributed by atoms with E-state index in [1.54, 1.807) is 0 Å². The number of ether oxygens (including phenoxy) is 1. The van der Waals surface area contributed by atoms with Crippen molar-refractivity contribution in [1.82, 2.24) is 0 Å². The van der Waals surface area contributed by atoms with Crippen molar-refractivity contribution in [3.63, 3.8) is 0 Å². The fourth-order valence-electron chi connectivity index (χ4n) is 3.41. The van der Waals surface area contributed by atoms with Crippen LogP contribution in [0.15, 0.2) is 42.0 Å². The molecule has 0 saturated carbocycles. The summed E-state index contributed by atoms with van der Waals surface area (Å²) in [5, 5.41) is 28.9. The zero-order valence-electron chi connectivity index (χ0n) is 14.1. The van der Waals surface area contributed by atoms with E-state index in [4.69, 9.17) is 4.74 Å². The molecule has 0 amide bonds. The highest BCUT2D eigenvalue weighted by atomic mass is 16.5. The van der Waals surface area contributed by atoms with Gasteiger partial charge in [-0.15, -0.1) is 0 Å². The van der Waals surface area contributed by atoms with E-state index in [-0.39, 0.29) is 24.9 Å². The second-order valence-corrected chi connectivity index (χ2v) is 6.86. The van der Waals surface area contributed by atoms with Crippen molar-refractivity contribution in [2.45, 2.75) is 57.0 Å². The summed E-state index contributed by atoms with van der Waals surface area (Å²) in [6.07, 6.45) is 7.17. The van der Waals surface area contributed by atoms with E-state index in [0.717, 1.165) is 12.0 Å². The van der Waals surface area contributed by atoms with Crippen LogP contribution in [0.5, 0.6) is 0 Å². The maximum atomic E-state index is 10.0. The van der Waals surface area contributed by atoms with Crippen LogP contribution in [0.1, 0.15) is 42.1 Å². The van der Waals surface area contributed by atoms with Gasteiger partial charge in [-0.2, -0.15) is 0 Å². The predicted molar refractivity (Wildman–Crippen MR) is 92.7 cm³/mol. The predicted octanol–water partition coefficient (Wildman–Crippen LogP) is 2.36. The van der Waals surface area contributed by atoms with Gasteiger partial charge in [0.05, 0.1) is 31.0 Å². The average Bonchev–Trinajstić information content (AvgIpc) is 2.58. The molecule has 0 radical (unpaired) electrons. The molecule has 4 atom stereocenters. The number of aliphatic hydroxyl groups excluding tert-OH is 3. The van der Waals surface area contributed by atoms with Gasteiger partial charge in [0.15, 0.2) is 0 Å². The summed E-state index contributed by atoms with van der Waals surface area (Å²) in [7, 11) is 0. The summed E-state index contributed by atoms with van der Waals surface area (Å²) >= 11 is 0. The smallest absolute Gasteiger partial charge is 0.0854 e. The zero-order valence-corrected chi connectivity index (χ0v) is 14.1. The van der Waals surface area contributed by atoms with Gasteiger partial charge >= 0.3 is 0 Å². The summed E-state index contributed by atoms with van der Waals surface area (Å²) in [6, 6.07) is 6.28. The van der Waals surface area contributed by atoms with Crippen molar-refractivity contribution in [3.8, 4) is 0 Å². The molecular weight excluding hydrogens is 304 g/mol. The minimum Gasteiger partial charge on any atom is -0.394 e. The number of aryl methyl sites for hydroxylation is 1. The Bertz CT molecular complexity index is 635. The summed E-state index contributed by atoms with van der Waals surface area (Å²) in [5.74, 6) is 0. The fourth-order valence-corrected chi connectivity index (χ4v) is 3.41. The molecule has 1 fully saturated rings. The van der Waals surface area contributed by atoms with Crippen LogP contribution in [-0.4, -0.2) is 40.2 Å². The number of rotatable bonds is 4. The lowest BCUT2D eigenvalue weighted by molar-refractivity contribution is -0.113. The van der Waals surface area contributed by atoms with Gasteiger partial charge in [0, 0.05) is 12.8 Å². The van der Waals surface area contributed by atoms with Gasteiger partial charge in [0.2, 0.25) is 0 Å². The SMILES string of the molecule is Cc1ccc(C2CC(O)CC(CO)O2)cc1CC1=CCC(O)C=C1. The highest BCUT2D eigenvalue weighted by Crippen LogP contribution is 2.33. The van der Waals surface area contributed by atoms with E-state index in [1.165, 1.54) is 16.7 Å². The molecule has 2 aliphatic rings. The highest BCUT2D eigenvalue weighted by molar-refractivity contribution is 5.38. The maximum absolute atomic E-state index is 10.0. The van der Waals surface area contributed by atoms with Crippen molar-refractivity contribution < 1.29 is 20.1 Å². The Morgan fingerprint density at radius 1 is 1.21 bits per heavy atom. The average molecular weight is 330 g/mol. The molecule has 0 spiro atoms. The standard InChI is InChI=1S/C20H26O4/c1-13-2-5-15(20-11-18(23)10-19(12-21)24-20)9-16(13)8-14-3-6-17(22)7-4-14/h2-6,9,17-23H,7-8,10-12H2,1H3. The number of benzene rings is 1. The quantitative estimate of drug-likeness (QED) is 0.793. The molecule has 4 heteroatoms. The Morgan fingerprint density at radius 3 is 2.75 bits per heavy atom. The number of aliphatic hydroxyl groups is 3. The molecule has 24 heavy (non-hydrogen) atoms. The third-order valence-electron chi connectivity index (χ3n) is 4.88. The summed E-state index contributed by atoms with van der Waals surface area (Å²) in [5.41, 5.74) is 4.70. The second-order valence-electron chi connectivity index (χ2n) is 6.86. The zero-order chi connectivity index (χ0) is 17.1. The van der Waals surface area contributed by atoms with Crippen LogP contribution in [0.25, 0.3) is 0 Å². The van der Waals surface area contributed by atoms with Gasteiger partial charge in [0.1, 0.15) is 0 Å². The minimum absolute atomic E-state index is 0.0632. The maximum Gasteiger partial charge on any atom is 0.0854 e. The molecule has 0 bridgehead atoms. The highest BCUT2D eigenvalue weighted by Gasteiger charge is 2.29. The first-order valence-corrected chi connectivity index (χ1v) is 8.64. The van der Waals surface area contributed by atoms with E-state index in [1.807, 2.05) is 18.2 Å². The van der Waals surface area contributed by atoms with Crippen LogP contribution in [0.3, 0.4) is 0 Å². The molecular formula is C20H26O4. The lowest BCUT2D eigenvalue weighted by atomic mass is 9.91. The summed E-state index contributed by atoms with van der Waals surface area (Å²) in [6.45, 7) is 2.03. The first kappa shape index (κ1) is 17.4. The topological polar surface area (TPSA) is 69.9 Å². The Balaban J connectivity index is 1.77. The lowest BCUT2D eigenvalue weighted by Crippen LogP contribution is -2.33. The molecule has 130 valence electrons. The van der Waals surface area contributed by atoms with Gasteiger partial charge in [-0.3, -0.25) is 0 Å². The van der Waals surface area contributed by atoms with E-state index in [9.17, 15) is 15.3 Å². The van der Waals surface area contributed by atoms with Crippen LogP contribution < -0.4 is 0 Å². The van der Waals surface area contributed by atoms with E-state index < -0.39 is 6.10 Å². The molecule has 1 heterocycles. The lowest BCUT2D eigenvalue weighted by Gasteiger charge is -2.33. The van der Waals surface area contributed by atoms with Crippen molar-refractivity contribution in [3.05, 3.63) is 58.7 Å². The number of hydrogen-bond donors (Lipinski definition) is 3. The minimum atomic E-state index is -0.434. The molecule has 1 aliphatic carbocycles. The van der Waals surface area contributed by atoms with Gasteiger partial charge in [-0.05, 0) is 42.0 Å². The van der Waals surface area contributed by atoms with Crippen molar-refractivity contribution >= 4 is 0 Å². The van der Waals surface area contributed by atoms with Crippen molar-refractivity contribution in [1.29, 1.82) is 0 Å². The molecule has 4 unspecified atom stereocenters. The normalized spacial score (nSPS) is 30.2. The Labute approximate surface area is 143 Å². The molecule has 1 saturated heterocycles. The van der Waals surface area contributed by atoms with Gasteiger partial charge in [-0.25, -0.2) is 0 Å². The Hall–Kier alpha value is -1.46. The largest absolute Gasteiger partial charge is 0.394 e. The molecule has 3 rings (SSSR count). The van der Waals surface area contributed by atoms with Gasteiger partial charge < -0.3 is 20.1 Å². The molecule has 1 aliphatic heterocycles. The number of hydrogen-bond acceptors (Lipinski definition) is 4. The Kier molecular flexibility index (Phi) is 5.51. The Morgan fingerprint density at radius 2 is 2.04 bits per heavy atom. The van der Waals surface area contributed by atoms with Crippen LogP contribution in [-0.2, 0) is 11.2 Å². The van der Waals surface area contributed by atoms with Crippen LogP contribution in [0.2, 0.25) is 0 Å². The first-order chi connectivity index (χ1) is 11.5. The molecule has 0 aromatic heterocycles. The molecule has 4 nitrogen and oxygen atoms in total. The molecule has 3 N–H and O–H groups in total. The van der Waals surface area contributed by atoms with Crippen molar-refractivity contribution in [2.75, 3.05) is 6.61 Å². The van der Waals surface area contributed by atoms with Gasteiger partial charge in [-0.1, -0.05) is 36.4 Å². The van der Waals surface area contributed by atoms with E-state index in [0.29, 0.717) is 19.3 Å². The second kappa shape index (κ2) is 7.62. The molecule has 1 aromatic carbocycles. The van der Waals surface area contributed by atoms with Crippen LogP contribution in [0, 0.1) is 6.92 Å². The van der Waals surface area contributed by atoms with E-state index >= 15 is 0 Å². The number of allylic oxidation sites excluding steroid dienone is 2. The monoisotopic (exact) mass is 330 g/mol.